The number of amides is 1. The number of ether oxygens (including phenoxy) is 2. The fourth-order valence-electron chi connectivity index (χ4n) is 3.79. The Morgan fingerprint density at radius 3 is 2.94 bits per heavy atom. The highest BCUT2D eigenvalue weighted by Gasteiger charge is 2.28. The summed E-state index contributed by atoms with van der Waals surface area (Å²) in [7, 11) is 1.60. The minimum atomic E-state index is -0.228. The minimum absolute atomic E-state index is 0.131. The Labute approximate surface area is 188 Å². The molecule has 4 rings (SSSR count). The number of carbonyl (C=O) groups excluding carboxylic acids is 1. The Morgan fingerprint density at radius 2 is 2.23 bits per heavy atom. The van der Waals surface area contributed by atoms with Crippen LogP contribution in [-0.4, -0.2) is 50.7 Å². The van der Waals surface area contributed by atoms with Crippen molar-refractivity contribution in [3.05, 3.63) is 51.5 Å². The van der Waals surface area contributed by atoms with E-state index < -0.39 is 0 Å². The van der Waals surface area contributed by atoms with Crippen molar-refractivity contribution in [2.45, 2.75) is 39.1 Å². The molecule has 0 spiro atoms. The zero-order valence-electron chi connectivity index (χ0n) is 17.5. The van der Waals surface area contributed by atoms with Crippen molar-refractivity contribution in [1.82, 2.24) is 25.1 Å². The molecule has 0 saturated heterocycles. The monoisotopic (exact) mass is 486 g/mol. The van der Waals surface area contributed by atoms with Crippen molar-refractivity contribution in [3.8, 4) is 0 Å². The lowest BCUT2D eigenvalue weighted by Gasteiger charge is -2.28. The SMILES string of the molecule is COC[C@@H](C)N(Cc1ccc(Br)nn1)C(=O)c1cc2c3c(c(N)nc2cn1)[C@@H](C)OC3. The third kappa shape index (κ3) is 4.23. The molecule has 10 heteroatoms. The maximum Gasteiger partial charge on any atom is 0.273 e. The van der Waals surface area contributed by atoms with Crippen molar-refractivity contribution in [1.29, 1.82) is 0 Å². The summed E-state index contributed by atoms with van der Waals surface area (Å²) in [5, 5.41) is 9.00. The average molecular weight is 487 g/mol. The van der Waals surface area contributed by atoms with E-state index in [1.165, 1.54) is 0 Å². The van der Waals surface area contributed by atoms with Crippen molar-refractivity contribution >= 4 is 38.6 Å². The molecule has 4 heterocycles. The van der Waals surface area contributed by atoms with E-state index in [2.05, 4.69) is 36.1 Å². The topological polar surface area (TPSA) is 116 Å². The van der Waals surface area contributed by atoms with Gasteiger partial charge in [-0.05, 0) is 53.5 Å². The fourth-order valence-corrected chi connectivity index (χ4v) is 4.01. The standard InChI is InChI=1S/C21H23BrN6O3/c1-11(9-30-3)28(8-13-4-5-18(22)27-26-13)21(29)16-6-14-15-10-31-12(2)19(15)20(23)25-17(14)7-24-16/h4-7,11-12H,8-10H2,1-3H3,(H2,23,25)/t11-,12-/m1/s1. The van der Waals surface area contributed by atoms with E-state index in [4.69, 9.17) is 15.2 Å². The van der Waals surface area contributed by atoms with Crippen molar-refractivity contribution in [3.63, 3.8) is 0 Å². The molecule has 1 amide bonds. The van der Waals surface area contributed by atoms with Gasteiger partial charge in [-0.3, -0.25) is 4.79 Å². The molecule has 3 aromatic rings. The van der Waals surface area contributed by atoms with Gasteiger partial charge in [-0.1, -0.05) is 0 Å². The van der Waals surface area contributed by atoms with Gasteiger partial charge >= 0.3 is 0 Å². The van der Waals surface area contributed by atoms with Crippen LogP contribution >= 0.6 is 15.9 Å². The smallest absolute Gasteiger partial charge is 0.273 e. The predicted molar refractivity (Wildman–Crippen MR) is 118 cm³/mol. The molecule has 0 aromatic carbocycles. The van der Waals surface area contributed by atoms with Crippen LogP contribution in [0.1, 0.15) is 47.3 Å². The van der Waals surface area contributed by atoms with Crippen LogP contribution in [0.2, 0.25) is 0 Å². The maximum atomic E-state index is 13.5. The van der Waals surface area contributed by atoms with Crippen molar-refractivity contribution in [2.75, 3.05) is 19.5 Å². The number of rotatable bonds is 6. The molecule has 9 nitrogen and oxygen atoms in total. The number of pyridine rings is 2. The van der Waals surface area contributed by atoms with E-state index in [9.17, 15) is 4.79 Å². The molecule has 1 aliphatic rings. The zero-order chi connectivity index (χ0) is 22.1. The van der Waals surface area contributed by atoms with Crippen LogP contribution in [0.4, 0.5) is 5.82 Å². The van der Waals surface area contributed by atoms with Crippen LogP contribution < -0.4 is 5.73 Å². The van der Waals surface area contributed by atoms with Crippen LogP contribution in [0.25, 0.3) is 10.9 Å². The van der Waals surface area contributed by atoms with Crippen LogP contribution in [0, 0.1) is 0 Å². The van der Waals surface area contributed by atoms with E-state index in [1.807, 2.05) is 19.9 Å². The Bertz CT molecular complexity index is 1120. The first kappa shape index (κ1) is 21.5. The van der Waals surface area contributed by atoms with E-state index in [-0.39, 0.29) is 24.6 Å². The normalized spacial score (nSPS) is 16.3. The third-order valence-corrected chi connectivity index (χ3v) is 5.80. The zero-order valence-corrected chi connectivity index (χ0v) is 19.1. The average Bonchev–Trinajstić information content (AvgIpc) is 3.15. The van der Waals surface area contributed by atoms with Crippen LogP contribution in [0.15, 0.2) is 29.0 Å². The number of halogens is 1. The first-order chi connectivity index (χ1) is 14.9. The van der Waals surface area contributed by atoms with E-state index in [0.29, 0.717) is 40.5 Å². The number of anilines is 1. The molecular weight excluding hydrogens is 464 g/mol. The van der Waals surface area contributed by atoms with E-state index >= 15 is 0 Å². The second-order valence-electron chi connectivity index (χ2n) is 7.51. The molecule has 2 atom stereocenters. The molecule has 2 N–H and O–H groups in total. The first-order valence-corrected chi connectivity index (χ1v) is 10.7. The van der Waals surface area contributed by atoms with Gasteiger partial charge in [0.05, 0.1) is 49.3 Å². The van der Waals surface area contributed by atoms with Gasteiger partial charge in [-0.2, -0.15) is 5.10 Å². The van der Waals surface area contributed by atoms with Gasteiger partial charge in [0.25, 0.3) is 5.91 Å². The van der Waals surface area contributed by atoms with E-state index in [0.717, 1.165) is 16.5 Å². The maximum absolute atomic E-state index is 13.5. The molecule has 0 saturated carbocycles. The predicted octanol–water partition coefficient (Wildman–Crippen LogP) is 3.03. The van der Waals surface area contributed by atoms with Gasteiger partial charge in [0.1, 0.15) is 16.1 Å². The summed E-state index contributed by atoms with van der Waals surface area (Å²) in [4.78, 5) is 24.0. The summed E-state index contributed by atoms with van der Waals surface area (Å²) < 4.78 is 11.7. The number of carbonyl (C=O) groups is 1. The molecule has 0 fully saturated rings. The van der Waals surface area contributed by atoms with Crippen molar-refractivity contribution < 1.29 is 14.3 Å². The molecule has 0 bridgehead atoms. The Kier molecular flexibility index (Phi) is 6.12. The van der Waals surface area contributed by atoms with Gasteiger partial charge in [0.15, 0.2) is 0 Å². The highest BCUT2D eigenvalue weighted by molar-refractivity contribution is 9.10. The number of methoxy groups -OCH3 is 1. The van der Waals surface area contributed by atoms with E-state index in [1.54, 1.807) is 30.3 Å². The largest absolute Gasteiger partial charge is 0.383 e. The van der Waals surface area contributed by atoms with Crippen LogP contribution in [0.5, 0.6) is 0 Å². The van der Waals surface area contributed by atoms with Gasteiger partial charge in [-0.15, -0.1) is 5.10 Å². The summed E-state index contributed by atoms with van der Waals surface area (Å²) in [5.74, 6) is 0.214. The number of nitrogens with two attached hydrogens (primary N) is 1. The summed E-state index contributed by atoms with van der Waals surface area (Å²) in [6.45, 7) is 4.94. The Morgan fingerprint density at radius 1 is 1.42 bits per heavy atom. The number of hydrogen-bond acceptors (Lipinski definition) is 8. The molecular formula is C21H23BrN6O3. The summed E-state index contributed by atoms with van der Waals surface area (Å²) in [6, 6.07) is 5.19. The number of nitrogen functional groups attached to an aromatic ring is 1. The molecule has 0 radical (unpaired) electrons. The number of hydrogen-bond donors (Lipinski definition) is 1. The lowest BCUT2D eigenvalue weighted by molar-refractivity contribution is 0.0532. The van der Waals surface area contributed by atoms with Gasteiger partial charge in [0.2, 0.25) is 0 Å². The summed E-state index contributed by atoms with van der Waals surface area (Å²) in [6.07, 6.45) is 1.45. The quantitative estimate of drug-likeness (QED) is 0.564. The highest BCUT2D eigenvalue weighted by atomic mass is 79.9. The lowest BCUT2D eigenvalue weighted by Crippen LogP contribution is -2.41. The number of nitrogens with zero attached hydrogens (tertiary/aromatic N) is 5. The molecule has 1 aliphatic heterocycles. The van der Waals surface area contributed by atoms with Crippen molar-refractivity contribution in [2.24, 2.45) is 0 Å². The second-order valence-corrected chi connectivity index (χ2v) is 8.33. The molecule has 3 aromatic heterocycles. The molecule has 162 valence electrons. The van der Waals surface area contributed by atoms with Crippen LogP contribution in [-0.2, 0) is 22.6 Å². The van der Waals surface area contributed by atoms with Crippen LogP contribution in [0.3, 0.4) is 0 Å². The highest BCUT2D eigenvalue weighted by Crippen LogP contribution is 2.38. The Balaban J connectivity index is 1.72. The first-order valence-electron chi connectivity index (χ1n) is 9.86. The molecule has 0 unspecified atom stereocenters. The van der Waals surface area contributed by atoms with Gasteiger partial charge in [-0.25, -0.2) is 9.97 Å². The molecule has 0 aliphatic carbocycles. The Hall–Kier alpha value is -2.69. The molecule has 31 heavy (non-hydrogen) atoms. The minimum Gasteiger partial charge on any atom is -0.383 e. The van der Waals surface area contributed by atoms with Gasteiger partial charge in [0, 0.05) is 18.1 Å². The lowest BCUT2D eigenvalue weighted by atomic mass is 10.0. The third-order valence-electron chi connectivity index (χ3n) is 5.37. The number of aromatic nitrogens is 4. The number of fused-ring (bicyclic) bond motifs is 3. The summed E-state index contributed by atoms with van der Waals surface area (Å²) in [5.41, 5.74) is 9.58. The van der Waals surface area contributed by atoms with Gasteiger partial charge < -0.3 is 20.1 Å². The summed E-state index contributed by atoms with van der Waals surface area (Å²) >= 11 is 3.28. The second kappa shape index (κ2) is 8.81. The fraction of sp³-hybridized carbons (Fsp3) is 0.381.